The van der Waals surface area contributed by atoms with E-state index in [1.807, 2.05) is 19.9 Å². The first-order valence-corrected chi connectivity index (χ1v) is 7.22. The zero-order valence-electron chi connectivity index (χ0n) is 13.0. The van der Waals surface area contributed by atoms with Gasteiger partial charge in [0.1, 0.15) is 5.69 Å². The minimum atomic E-state index is -0.292. The number of benzene rings is 1. The number of hydrogen-bond donors (Lipinski definition) is 1. The minimum absolute atomic E-state index is 0.185. The lowest BCUT2D eigenvalue weighted by Crippen LogP contribution is -2.23. The van der Waals surface area contributed by atoms with Crippen molar-refractivity contribution in [1.29, 1.82) is 0 Å². The van der Waals surface area contributed by atoms with Crippen LogP contribution in [0.25, 0.3) is 0 Å². The van der Waals surface area contributed by atoms with E-state index in [-0.39, 0.29) is 10.6 Å². The molecule has 0 saturated heterocycles. The normalized spacial score (nSPS) is 24.6. The Kier molecular flexibility index (Phi) is 3.76. The van der Waals surface area contributed by atoms with E-state index in [4.69, 9.17) is 0 Å². The highest BCUT2D eigenvalue weighted by Crippen LogP contribution is 2.43. The Hall–Kier alpha value is -1.58. The second-order valence-corrected chi connectivity index (χ2v) is 7.01. The first-order chi connectivity index (χ1) is 9.19. The van der Waals surface area contributed by atoms with Gasteiger partial charge in [0.15, 0.2) is 0 Å². The van der Waals surface area contributed by atoms with E-state index in [2.05, 4.69) is 26.1 Å². The van der Waals surface area contributed by atoms with E-state index in [0.29, 0.717) is 23.1 Å². The van der Waals surface area contributed by atoms with Crippen LogP contribution < -0.4 is 5.32 Å². The SMILES string of the molecule is Cc1cc(NC2CC(C)(C)CC2C)c([N+](=O)[O-])cc1C. The third-order valence-corrected chi connectivity index (χ3v) is 4.48. The van der Waals surface area contributed by atoms with Crippen molar-refractivity contribution < 1.29 is 4.92 Å². The monoisotopic (exact) mass is 276 g/mol. The van der Waals surface area contributed by atoms with Crippen LogP contribution in [0.1, 0.15) is 44.7 Å². The Labute approximate surface area is 120 Å². The molecule has 1 aliphatic rings. The highest BCUT2D eigenvalue weighted by Gasteiger charge is 2.37. The molecule has 1 fully saturated rings. The summed E-state index contributed by atoms with van der Waals surface area (Å²) in [6.07, 6.45) is 2.21. The molecule has 20 heavy (non-hydrogen) atoms. The summed E-state index contributed by atoms with van der Waals surface area (Å²) in [5.41, 5.74) is 3.20. The van der Waals surface area contributed by atoms with Crippen LogP contribution >= 0.6 is 0 Å². The molecule has 4 heteroatoms. The summed E-state index contributed by atoms with van der Waals surface area (Å²) in [6.45, 7) is 10.7. The van der Waals surface area contributed by atoms with E-state index in [1.54, 1.807) is 6.07 Å². The number of hydrogen-bond acceptors (Lipinski definition) is 3. The van der Waals surface area contributed by atoms with Crippen LogP contribution in [0, 0.1) is 35.3 Å². The number of rotatable bonds is 3. The molecule has 1 aromatic carbocycles. The van der Waals surface area contributed by atoms with Gasteiger partial charge in [-0.15, -0.1) is 0 Å². The zero-order chi connectivity index (χ0) is 15.1. The maximum Gasteiger partial charge on any atom is 0.292 e. The van der Waals surface area contributed by atoms with E-state index >= 15 is 0 Å². The second-order valence-electron chi connectivity index (χ2n) is 7.01. The fourth-order valence-electron chi connectivity index (χ4n) is 3.35. The predicted molar refractivity (Wildman–Crippen MR) is 82.2 cm³/mol. The van der Waals surface area contributed by atoms with E-state index in [9.17, 15) is 10.1 Å². The first-order valence-electron chi connectivity index (χ1n) is 7.22. The van der Waals surface area contributed by atoms with Crippen LogP contribution in [-0.4, -0.2) is 11.0 Å². The van der Waals surface area contributed by atoms with Gasteiger partial charge in [-0.25, -0.2) is 0 Å². The number of aryl methyl sites for hydroxylation is 2. The third kappa shape index (κ3) is 2.94. The Bertz CT molecular complexity index is 538. The Morgan fingerprint density at radius 3 is 2.35 bits per heavy atom. The molecule has 2 unspecified atom stereocenters. The molecule has 1 saturated carbocycles. The molecule has 0 bridgehead atoms. The molecule has 1 aliphatic carbocycles. The quantitative estimate of drug-likeness (QED) is 0.655. The van der Waals surface area contributed by atoms with Gasteiger partial charge in [-0.1, -0.05) is 20.8 Å². The van der Waals surface area contributed by atoms with Gasteiger partial charge in [-0.2, -0.15) is 0 Å². The molecule has 2 atom stereocenters. The zero-order valence-corrected chi connectivity index (χ0v) is 13.0. The van der Waals surface area contributed by atoms with Crippen molar-refractivity contribution in [2.75, 3.05) is 5.32 Å². The molecule has 0 radical (unpaired) electrons. The van der Waals surface area contributed by atoms with Gasteiger partial charge in [-0.3, -0.25) is 10.1 Å². The molecule has 0 spiro atoms. The topological polar surface area (TPSA) is 55.2 Å². The second kappa shape index (κ2) is 5.08. The number of nitrogens with one attached hydrogen (secondary N) is 1. The molecular weight excluding hydrogens is 252 g/mol. The van der Waals surface area contributed by atoms with Gasteiger partial charge < -0.3 is 5.32 Å². The molecule has 0 aliphatic heterocycles. The van der Waals surface area contributed by atoms with Crippen molar-refractivity contribution >= 4 is 11.4 Å². The highest BCUT2D eigenvalue weighted by atomic mass is 16.6. The Balaban J connectivity index is 2.29. The average Bonchev–Trinajstić information content (AvgIpc) is 2.56. The lowest BCUT2D eigenvalue weighted by molar-refractivity contribution is -0.384. The summed E-state index contributed by atoms with van der Waals surface area (Å²) in [7, 11) is 0. The van der Waals surface area contributed by atoms with Crippen LogP contribution in [-0.2, 0) is 0 Å². The molecule has 1 aromatic rings. The fraction of sp³-hybridized carbons (Fsp3) is 0.625. The van der Waals surface area contributed by atoms with Crippen molar-refractivity contribution in [3.8, 4) is 0 Å². The Morgan fingerprint density at radius 1 is 1.25 bits per heavy atom. The maximum atomic E-state index is 11.2. The van der Waals surface area contributed by atoms with E-state index < -0.39 is 0 Å². The minimum Gasteiger partial charge on any atom is -0.376 e. The summed E-state index contributed by atoms with van der Waals surface area (Å²) >= 11 is 0. The standard InChI is InChI=1S/C16H24N2O2/c1-10-6-13(15(18(19)20)7-11(10)2)17-14-9-16(4,5)8-12(14)3/h6-7,12,14,17H,8-9H2,1-5H3. The molecule has 0 amide bonds. The molecule has 4 nitrogen and oxygen atoms in total. The first kappa shape index (κ1) is 14.8. The van der Waals surface area contributed by atoms with Gasteiger partial charge in [-0.05, 0) is 55.2 Å². The summed E-state index contributed by atoms with van der Waals surface area (Å²) in [5.74, 6) is 0.534. The lowest BCUT2D eigenvalue weighted by Gasteiger charge is -2.20. The molecule has 2 rings (SSSR count). The van der Waals surface area contributed by atoms with Crippen LogP contribution in [0.3, 0.4) is 0 Å². The summed E-state index contributed by atoms with van der Waals surface area (Å²) in [6, 6.07) is 3.89. The third-order valence-electron chi connectivity index (χ3n) is 4.48. The van der Waals surface area contributed by atoms with Gasteiger partial charge in [0.25, 0.3) is 5.69 Å². The fourth-order valence-corrected chi connectivity index (χ4v) is 3.35. The summed E-state index contributed by atoms with van der Waals surface area (Å²) in [5, 5.41) is 14.7. The lowest BCUT2D eigenvalue weighted by atomic mass is 9.91. The largest absolute Gasteiger partial charge is 0.376 e. The van der Waals surface area contributed by atoms with Crippen LogP contribution in [0.2, 0.25) is 0 Å². The van der Waals surface area contributed by atoms with E-state index in [1.165, 1.54) is 0 Å². The molecule has 0 aromatic heterocycles. The molecule has 1 N–H and O–H groups in total. The number of nitro benzene ring substituents is 1. The van der Waals surface area contributed by atoms with Crippen LogP contribution in [0.5, 0.6) is 0 Å². The highest BCUT2D eigenvalue weighted by molar-refractivity contribution is 5.65. The number of nitro groups is 1. The van der Waals surface area contributed by atoms with Gasteiger partial charge in [0, 0.05) is 12.1 Å². The number of nitrogens with zero attached hydrogens (tertiary/aromatic N) is 1. The van der Waals surface area contributed by atoms with Crippen molar-refractivity contribution in [2.45, 2.75) is 53.5 Å². The molecule has 0 heterocycles. The maximum absolute atomic E-state index is 11.2. The number of anilines is 1. The smallest absolute Gasteiger partial charge is 0.292 e. The summed E-state index contributed by atoms with van der Waals surface area (Å²) < 4.78 is 0. The van der Waals surface area contributed by atoms with Crippen molar-refractivity contribution in [1.82, 2.24) is 0 Å². The summed E-state index contributed by atoms with van der Waals surface area (Å²) in [4.78, 5) is 10.9. The van der Waals surface area contributed by atoms with Gasteiger partial charge in [0.05, 0.1) is 4.92 Å². The molecule has 110 valence electrons. The average molecular weight is 276 g/mol. The van der Waals surface area contributed by atoms with Crippen LogP contribution in [0.4, 0.5) is 11.4 Å². The van der Waals surface area contributed by atoms with Crippen molar-refractivity contribution in [3.05, 3.63) is 33.4 Å². The van der Waals surface area contributed by atoms with Gasteiger partial charge >= 0.3 is 0 Å². The van der Waals surface area contributed by atoms with Crippen molar-refractivity contribution in [2.24, 2.45) is 11.3 Å². The van der Waals surface area contributed by atoms with Crippen LogP contribution in [0.15, 0.2) is 12.1 Å². The Morgan fingerprint density at radius 2 is 1.85 bits per heavy atom. The van der Waals surface area contributed by atoms with E-state index in [0.717, 1.165) is 24.0 Å². The van der Waals surface area contributed by atoms with Crippen molar-refractivity contribution in [3.63, 3.8) is 0 Å². The van der Waals surface area contributed by atoms with Gasteiger partial charge in [0.2, 0.25) is 0 Å². The predicted octanol–water partition coefficient (Wildman–Crippen LogP) is 4.45. The molecular formula is C16H24N2O2.